The highest BCUT2D eigenvalue weighted by Crippen LogP contribution is 2.27. The molecule has 2 aromatic rings. The average Bonchev–Trinajstić information content (AvgIpc) is 3.17. The molecule has 1 fully saturated rings. The van der Waals surface area contributed by atoms with Crippen molar-refractivity contribution in [1.29, 1.82) is 0 Å². The van der Waals surface area contributed by atoms with Crippen molar-refractivity contribution in [1.82, 2.24) is 20.0 Å². The van der Waals surface area contributed by atoms with Crippen LogP contribution in [0.25, 0.3) is 0 Å². The molecule has 162 valence electrons. The fourth-order valence-electron chi connectivity index (χ4n) is 3.43. The van der Waals surface area contributed by atoms with Gasteiger partial charge in [-0.2, -0.15) is 5.10 Å². The normalized spacial score (nSPS) is 18.8. The van der Waals surface area contributed by atoms with E-state index in [2.05, 4.69) is 15.7 Å². The van der Waals surface area contributed by atoms with Gasteiger partial charge in [0.05, 0.1) is 6.04 Å². The van der Waals surface area contributed by atoms with Crippen molar-refractivity contribution in [2.45, 2.75) is 18.5 Å². The summed E-state index contributed by atoms with van der Waals surface area (Å²) in [4.78, 5) is 25.4. The molecule has 9 nitrogen and oxygen atoms in total. The number of amides is 2. The SMILES string of the molecule is CNC1CN(C(=O)OCCF)CC[C@H]1n1cc(C(N)=O)c(Nc2ccc(F)cc2)n1. The van der Waals surface area contributed by atoms with Crippen LogP contribution in [0.4, 0.5) is 25.1 Å². The summed E-state index contributed by atoms with van der Waals surface area (Å²) < 4.78 is 31.9. The minimum atomic E-state index is -0.731. The van der Waals surface area contributed by atoms with Crippen LogP contribution in [0.3, 0.4) is 0 Å². The number of ether oxygens (including phenoxy) is 1. The molecule has 30 heavy (non-hydrogen) atoms. The van der Waals surface area contributed by atoms with E-state index >= 15 is 0 Å². The lowest BCUT2D eigenvalue weighted by Gasteiger charge is -2.37. The number of carbonyl (C=O) groups is 2. The molecule has 1 aromatic heterocycles. The number of hydrogen-bond donors (Lipinski definition) is 3. The van der Waals surface area contributed by atoms with Gasteiger partial charge in [-0.3, -0.25) is 9.48 Å². The summed E-state index contributed by atoms with van der Waals surface area (Å²) in [6.07, 6.45) is 1.52. The maximum absolute atomic E-state index is 13.1. The lowest BCUT2D eigenvalue weighted by atomic mass is 10.00. The molecule has 0 bridgehead atoms. The monoisotopic (exact) mass is 422 g/mol. The van der Waals surface area contributed by atoms with Crippen molar-refractivity contribution in [3.63, 3.8) is 0 Å². The van der Waals surface area contributed by atoms with E-state index in [1.54, 1.807) is 17.9 Å². The molecule has 0 saturated carbocycles. The Morgan fingerprint density at radius 2 is 2.07 bits per heavy atom. The summed E-state index contributed by atoms with van der Waals surface area (Å²) >= 11 is 0. The van der Waals surface area contributed by atoms with E-state index in [9.17, 15) is 18.4 Å². The number of carbonyl (C=O) groups excluding carboxylic acids is 2. The Morgan fingerprint density at radius 3 is 2.70 bits per heavy atom. The topological polar surface area (TPSA) is 115 Å². The van der Waals surface area contributed by atoms with Crippen LogP contribution in [0.15, 0.2) is 30.5 Å². The summed E-state index contributed by atoms with van der Waals surface area (Å²) in [6, 6.07) is 5.28. The maximum Gasteiger partial charge on any atom is 0.409 e. The minimum Gasteiger partial charge on any atom is -0.447 e. The summed E-state index contributed by atoms with van der Waals surface area (Å²) in [6.45, 7) is -0.285. The standard InChI is InChI=1S/C19H24F2N6O3/c1-23-15-11-26(19(29)30-9-7-20)8-6-16(15)27-10-14(17(22)28)18(25-27)24-13-4-2-12(21)3-5-13/h2-5,10,15-16,23H,6-9,11H2,1H3,(H2,22,28)(H,24,25)/t15?,16-/m1/s1. The summed E-state index contributed by atoms with van der Waals surface area (Å²) in [5, 5.41) is 10.6. The van der Waals surface area contributed by atoms with Gasteiger partial charge < -0.3 is 26.0 Å². The van der Waals surface area contributed by atoms with Gasteiger partial charge in [0.15, 0.2) is 5.82 Å². The van der Waals surface area contributed by atoms with Gasteiger partial charge in [0.1, 0.15) is 24.7 Å². The zero-order valence-electron chi connectivity index (χ0n) is 16.5. The van der Waals surface area contributed by atoms with Crippen LogP contribution in [0.5, 0.6) is 0 Å². The number of anilines is 2. The van der Waals surface area contributed by atoms with Gasteiger partial charge >= 0.3 is 6.09 Å². The average molecular weight is 422 g/mol. The molecule has 0 spiro atoms. The Labute approximate surface area is 172 Å². The first-order valence-electron chi connectivity index (χ1n) is 9.49. The first-order chi connectivity index (χ1) is 14.4. The number of nitrogens with two attached hydrogens (primary N) is 1. The number of halogens is 2. The van der Waals surface area contributed by atoms with Gasteiger partial charge in [0.2, 0.25) is 0 Å². The molecule has 1 aromatic carbocycles. The Bertz CT molecular complexity index is 889. The highest BCUT2D eigenvalue weighted by molar-refractivity contribution is 5.98. The molecular weight excluding hydrogens is 398 g/mol. The summed E-state index contributed by atoms with van der Waals surface area (Å²) in [7, 11) is 1.75. The van der Waals surface area contributed by atoms with Crippen LogP contribution in [-0.4, -0.2) is 66.1 Å². The quantitative estimate of drug-likeness (QED) is 0.627. The molecule has 3 rings (SSSR count). The predicted octanol–water partition coefficient (Wildman–Crippen LogP) is 1.81. The molecule has 4 N–H and O–H groups in total. The van der Waals surface area contributed by atoms with Gasteiger partial charge in [-0.15, -0.1) is 0 Å². The van der Waals surface area contributed by atoms with E-state index in [4.69, 9.17) is 10.5 Å². The first kappa shape index (κ1) is 21.5. The number of rotatable bonds is 7. The number of alkyl halides is 1. The molecule has 1 aliphatic heterocycles. The van der Waals surface area contributed by atoms with Crippen LogP contribution in [0.1, 0.15) is 22.8 Å². The zero-order valence-corrected chi connectivity index (χ0v) is 16.5. The summed E-state index contributed by atoms with van der Waals surface area (Å²) in [5.41, 5.74) is 6.25. The minimum absolute atomic E-state index is 0.165. The fourth-order valence-corrected chi connectivity index (χ4v) is 3.43. The van der Waals surface area contributed by atoms with Crippen molar-refractivity contribution >= 4 is 23.5 Å². The molecule has 11 heteroatoms. The third-order valence-corrected chi connectivity index (χ3v) is 4.95. The van der Waals surface area contributed by atoms with Crippen molar-refractivity contribution < 1.29 is 23.1 Å². The Hall–Kier alpha value is -3.21. The van der Waals surface area contributed by atoms with E-state index in [1.807, 2.05) is 0 Å². The molecule has 1 saturated heterocycles. The summed E-state index contributed by atoms with van der Waals surface area (Å²) in [5.74, 6) is -0.775. The molecule has 1 aliphatic rings. The van der Waals surface area contributed by atoms with Gasteiger partial charge in [0.25, 0.3) is 5.91 Å². The van der Waals surface area contributed by atoms with Crippen molar-refractivity contribution in [3.05, 3.63) is 41.8 Å². The Morgan fingerprint density at radius 1 is 1.33 bits per heavy atom. The van der Waals surface area contributed by atoms with Crippen LogP contribution in [-0.2, 0) is 4.74 Å². The van der Waals surface area contributed by atoms with Crippen LogP contribution in [0, 0.1) is 5.82 Å². The highest BCUT2D eigenvalue weighted by Gasteiger charge is 2.33. The largest absolute Gasteiger partial charge is 0.447 e. The number of likely N-dealkylation sites (N-methyl/N-ethyl adjacent to an activating group) is 1. The van der Waals surface area contributed by atoms with Crippen LogP contribution in [0.2, 0.25) is 0 Å². The van der Waals surface area contributed by atoms with E-state index in [0.717, 1.165) is 0 Å². The van der Waals surface area contributed by atoms with E-state index < -0.39 is 18.7 Å². The second-order valence-corrected chi connectivity index (χ2v) is 6.87. The molecule has 2 heterocycles. The lowest BCUT2D eigenvalue weighted by Crippen LogP contribution is -2.52. The molecule has 0 radical (unpaired) electrons. The predicted molar refractivity (Wildman–Crippen MR) is 106 cm³/mol. The fraction of sp³-hybridized carbons (Fsp3) is 0.421. The number of aromatic nitrogens is 2. The number of hydrogen-bond acceptors (Lipinski definition) is 6. The maximum atomic E-state index is 13.1. The van der Waals surface area contributed by atoms with E-state index in [-0.39, 0.29) is 35.9 Å². The number of piperidine rings is 1. The van der Waals surface area contributed by atoms with Gasteiger partial charge in [-0.05, 0) is 37.7 Å². The number of nitrogens with zero attached hydrogens (tertiary/aromatic N) is 3. The number of nitrogens with one attached hydrogen (secondary N) is 2. The van der Waals surface area contributed by atoms with Crippen molar-refractivity contribution in [2.75, 3.05) is 38.7 Å². The van der Waals surface area contributed by atoms with E-state index in [1.165, 1.54) is 29.2 Å². The third-order valence-electron chi connectivity index (χ3n) is 4.95. The molecule has 1 unspecified atom stereocenters. The molecule has 2 atom stereocenters. The Balaban J connectivity index is 1.78. The number of benzene rings is 1. The Kier molecular flexibility index (Phi) is 6.83. The number of primary amides is 1. The molecular formula is C19H24F2N6O3. The second kappa shape index (κ2) is 9.53. The first-order valence-corrected chi connectivity index (χ1v) is 9.49. The van der Waals surface area contributed by atoms with Crippen LogP contribution >= 0.6 is 0 Å². The van der Waals surface area contributed by atoms with Gasteiger partial charge in [0, 0.05) is 31.0 Å². The van der Waals surface area contributed by atoms with Crippen molar-refractivity contribution in [3.8, 4) is 0 Å². The van der Waals surface area contributed by atoms with Crippen LogP contribution < -0.4 is 16.4 Å². The zero-order chi connectivity index (χ0) is 21.7. The second-order valence-electron chi connectivity index (χ2n) is 6.87. The van der Waals surface area contributed by atoms with Gasteiger partial charge in [-0.1, -0.05) is 0 Å². The number of likely N-dealkylation sites (tertiary alicyclic amines) is 1. The van der Waals surface area contributed by atoms with E-state index in [0.29, 0.717) is 25.2 Å². The van der Waals surface area contributed by atoms with Crippen molar-refractivity contribution in [2.24, 2.45) is 5.73 Å². The lowest BCUT2D eigenvalue weighted by molar-refractivity contribution is 0.0736. The van der Waals surface area contributed by atoms with Gasteiger partial charge in [-0.25, -0.2) is 13.6 Å². The molecule has 2 amide bonds. The highest BCUT2D eigenvalue weighted by atomic mass is 19.1. The smallest absolute Gasteiger partial charge is 0.409 e. The molecule has 0 aliphatic carbocycles. The third kappa shape index (κ3) is 4.85.